The molecule has 44 valence electrons. The molecule has 0 amide bonds. The van der Waals surface area contributed by atoms with Crippen molar-refractivity contribution in [2.24, 2.45) is 5.73 Å². The molecule has 0 aromatic rings. The summed E-state index contributed by atoms with van der Waals surface area (Å²) in [6, 6.07) is 0. The number of rotatable bonds is 4. The van der Waals surface area contributed by atoms with Gasteiger partial charge in [0.1, 0.15) is 0 Å². The van der Waals surface area contributed by atoms with Crippen molar-refractivity contribution in [3.63, 3.8) is 0 Å². The van der Waals surface area contributed by atoms with Crippen LogP contribution < -0.4 is 11.1 Å². The molecule has 7 heavy (non-hydrogen) atoms. The van der Waals surface area contributed by atoms with Crippen LogP contribution in [0.2, 0.25) is 0 Å². The summed E-state index contributed by atoms with van der Waals surface area (Å²) in [6.45, 7) is 6.18. The van der Waals surface area contributed by atoms with Crippen molar-refractivity contribution in [3.8, 4) is 0 Å². The summed E-state index contributed by atoms with van der Waals surface area (Å²) in [5.74, 6) is 0. The highest BCUT2D eigenvalue weighted by Gasteiger charge is 1.75. The van der Waals surface area contributed by atoms with Gasteiger partial charge in [-0.3, -0.25) is 0 Å². The van der Waals surface area contributed by atoms with E-state index in [2.05, 4.69) is 12.2 Å². The van der Waals surface area contributed by atoms with Gasteiger partial charge in [-0.25, -0.2) is 0 Å². The third kappa shape index (κ3) is 5.92. The van der Waals surface area contributed by atoms with Crippen LogP contribution in [0.25, 0.3) is 0 Å². The van der Waals surface area contributed by atoms with E-state index in [4.69, 9.17) is 5.73 Å². The Kier molecular flexibility index (Phi) is 5.85. The van der Waals surface area contributed by atoms with Crippen LogP contribution >= 0.6 is 0 Å². The van der Waals surface area contributed by atoms with Crippen LogP contribution in [-0.4, -0.2) is 19.6 Å². The lowest BCUT2D eigenvalue weighted by Gasteiger charge is -1.99. The lowest BCUT2D eigenvalue weighted by Crippen LogP contribution is -2.17. The maximum Gasteiger partial charge on any atom is -0.00652 e. The number of hydrogen-bond donors (Lipinski definition) is 2. The van der Waals surface area contributed by atoms with Crippen molar-refractivity contribution < 1.29 is 0 Å². The summed E-state index contributed by atoms with van der Waals surface area (Å²) in [5, 5.41) is 3.06. The number of hydrogen-bond acceptors (Lipinski definition) is 2. The summed E-state index contributed by atoms with van der Waals surface area (Å²) >= 11 is 0. The summed E-state index contributed by atoms with van der Waals surface area (Å²) in [7, 11) is 0. The molecule has 0 aliphatic carbocycles. The van der Waals surface area contributed by atoms with Crippen molar-refractivity contribution in [1.82, 2.24) is 5.32 Å². The minimum absolute atomic E-state index is 0.771. The smallest absolute Gasteiger partial charge is 0.00652 e. The van der Waals surface area contributed by atoms with Crippen molar-refractivity contribution in [1.29, 1.82) is 0 Å². The molecule has 0 aromatic carbocycles. The van der Waals surface area contributed by atoms with Gasteiger partial charge in [0.2, 0.25) is 0 Å². The monoisotopic (exact) mass is 101 g/mol. The van der Waals surface area contributed by atoms with Crippen LogP contribution in [-0.2, 0) is 0 Å². The van der Waals surface area contributed by atoms with E-state index in [-0.39, 0.29) is 0 Å². The largest absolute Gasteiger partial charge is 0.346 e. The predicted octanol–water partition coefficient (Wildman–Crippen LogP) is -0.241. The van der Waals surface area contributed by atoms with Crippen molar-refractivity contribution >= 4 is 0 Å². The SMILES string of the molecule is [CH2-]CNCCCN. The minimum atomic E-state index is 0.771. The summed E-state index contributed by atoms with van der Waals surface area (Å²) in [5.41, 5.74) is 5.21. The van der Waals surface area contributed by atoms with E-state index in [1.165, 1.54) is 0 Å². The summed E-state index contributed by atoms with van der Waals surface area (Å²) in [4.78, 5) is 0. The second-order valence-electron chi connectivity index (χ2n) is 1.39. The second kappa shape index (κ2) is 5.92. The molecule has 2 heteroatoms. The second-order valence-corrected chi connectivity index (χ2v) is 1.39. The van der Waals surface area contributed by atoms with Crippen LogP contribution in [0.15, 0.2) is 0 Å². The van der Waals surface area contributed by atoms with E-state index in [9.17, 15) is 0 Å². The van der Waals surface area contributed by atoms with E-state index in [1.54, 1.807) is 0 Å². The zero-order valence-corrected chi connectivity index (χ0v) is 4.61. The zero-order chi connectivity index (χ0) is 5.54. The maximum atomic E-state index is 5.21. The van der Waals surface area contributed by atoms with Gasteiger partial charge in [-0.2, -0.15) is 0 Å². The van der Waals surface area contributed by atoms with E-state index in [0.717, 1.165) is 26.1 Å². The summed E-state index contributed by atoms with van der Waals surface area (Å²) < 4.78 is 0. The molecule has 0 aliphatic rings. The molecule has 2 nitrogen and oxygen atoms in total. The third-order valence-corrected chi connectivity index (χ3v) is 0.734. The molecule has 0 saturated carbocycles. The van der Waals surface area contributed by atoms with Gasteiger partial charge in [-0.05, 0) is 19.5 Å². The zero-order valence-electron chi connectivity index (χ0n) is 4.61. The van der Waals surface area contributed by atoms with E-state index < -0.39 is 0 Å². The quantitative estimate of drug-likeness (QED) is 0.379. The van der Waals surface area contributed by atoms with Gasteiger partial charge in [-0.15, -0.1) is 6.54 Å². The molecule has 3 N–H and O–H groups in total. The molecule has 0 fully saturated rings. The fraction of sp³-hybridized carbons (Fsp3) is 0.800. The van der Waals surface area contributed by atoms with E-state index in [0.29, 0.717) is 0 Å². The highest BCUT2D eigenvalue weighted by molar-refractivity contribution is 4.47. The van der Waals surface area contributed by atoms with Gasteiger partial charge >= 0.3 is 0 Å². The molecular formula is C5H13N2-. The first-order valence-corrected chi connectivity index (χ1v) is 2.62. The van der Waals surface area contributed by atoms with Crippen molar-refractivity contribution in [2.75, 3.05) is 19.6 Å². The molecule has 0 unspecified atom stereocenters. The number of nitrogens with one attached hydrogen (secondary N) is 1. The Labute approximate surface area is 45.1 Å². The predicted molar refractivity (Wildman–Crippen MR) is 31.9 cm³/mol. The minimum Gasteiger partial charge on any atom is -0.346 e. The Morgan fingerprint density at radius 3 is 2.71 bits per heavy atom. The fourth-order valence-electron chi connectivity index (χ4n) is 0.352. The maximum absolute atomic E-state index is 5.21. The first-order valence-electron chi connectivity index (χ1n) is 2.62. The number of nitrogens with two attached hydrogens (primary N) is 1. The Morgan fingerprint density at radius 2 is 2.29 bits per heavy atom. The van der Waals surface area contributed by atoms with Crippen LogP contribution in [0.4, 0.5) is 0 Å². The van der Waals surface area contributed by atoms with Gasteiger partial charge in [0.25, 0.3) is 0 Å². The first-order chi connectivity index (χ1) is 3.41. The Hall–Kier alpha value is -0.0800. The molecule has 0 saturated heterocycles. The molecule has 0 aliphatic heterocycles. The molecule has 0 radical (unpaired) electrons. The molecule has 0 rings (SSSR count). The van der Waals surface area contributed by atoms with Gasteiger partial charge in [0.15, 0.2) is 0 Å². The lowest BCUT2D eigenvalue weighted by atomic mass is 10.4. The van der Waals surface area contributed by atoms with Crippen LogP contribution in [0.5, 0.6) is 0 Å². The van der Waals surface area contributed by atoms with Crippen molar-refractivity contribution in [2.45, 2.75) is 6.42 Å². The molecule has 0 bridgehead atoms. The molecule has 0 spiro atoms. The van der Waals surface area contributed by atoms with Crippen molar-refractivity contribution in [3.05, 3.63) is 6.92 Å². The first kappa shape index (κ1) is 6.92. The Morgan fingerprint density at radius 1 is 1.57 bits per heavy atom. The fourth-order valence-corrected chi connectivity index (χ4v) is 0.352. The Balaban J connectivity index is 2.45. The topological polar surface area (TPSA) is 38.0 Å². The van der Waals surface area contributed by atoms with Gasteiger partial charge in [-0.1, -0.05) is 0 Å². The van der Waals surface area contributed by atoms with E-state index >= 15 is 0 Å². The van der Waals surface area contributed by atoms with E-state index in [1.807, 2.05) is 0 Å². The highest BCUT2D eigenvalue weighted by atomic mass is 14.8. The van der Waals surface area contributed by atoms with Gasteiger partial charge in [0, 0.05) is 0 Å². The average molecular weight is 101 g/mol. The standard InChI is InChI=1S/C5H13N2/c1-2-7-5-3-4-6/h7H,1-6H2/q-1. The van der Waals surface area contributed by atoms with Gasteiger partial charge in [0.05, 0.1) is 0 Å². The highest BCUT2D eigenvalue weighted by Crippen LogP contribution is 1.65. The summed E-state index contributed by atoms with van der Waals surface area (Å²) in [6.07, 6.45) is 1.05. The molecule has 0 atom stereocenters. The van der Waals surface area contributed by atoms with Gasteiger partial charge < -0.3 is 18.0 Å². The lowest BCUT2D eigenvalue weighted by molar-refractivity contribution is 0.699. The third-order valence-electron chi connectivity index (χ3n) is 0.734. The normalized spacial score (nSPS) is 9.43. The van der Waals surface area contributed by atoms with Crippen LogP contribution in [0, 0.1) is 6.92 Å². The average Bonchev–Trinajstić information content (AvgIpc) is 1.69. The van der Waals surface area contributed by atoms with Crippen LogP contribution in [0.3, 0.4) is 0 Å². The van der Waals surface area contributed by atoms with Crippen LogP contribution in [0.1, 0.15) is 6.42 Å². The molecular weight excluding hydrogens is 88.1 g/mol. The Bertz CT molecular complexity index is 25.3. The molecule has 0 heterocycles. The molecule has 0 aromatic heterocycles.